The van der Waals surface area contributed by atoms with Gasteiger partial charge in [-0.3, -0.25) is 4.79 Å². The van der Waals surface area contributed by atoms with Crippen molar-refractivity contribution in [3.8, 4) is 11.5 Å². The second-order valence-corrected chi connectivity index (χ2v) is 10.6. The molecule has 10 nitrogen and oxygen atoms in total. The largest absolute Gasteiger partial charge is 0.479 e. The lowest BCUT2D eigenvalue weighted by molar-refractivity contribution is -0.209. The van der Waals surface area contributed by atoms with Crippen molar-refractivity contribution < 1.29 is 35.9 Å². The Kier molecular flexibility index (Phi) is 5.12. The van der Waals surface area contributed by atoms with Crippen LogP contribution in [-0.4, -0.2) is 54.6 Å². The maximum Gasteiger partial charge on any atom is 0.433 e. The van der Waals surface area contributed by atoms with Gasteiger partial charge < -0.3 is 20.5 Å². The monoisotopic (exact) mass is 511 g/mol. The van der Waals surface area contributed by atoms with E-state index in [1.807, 2.05) is 0 Å². The fourth-order valence-corrected chi connectivity index (χ4v) is 6.60. The number of pyridine rings is 1. The summed E-state index contributed by atoms with van der Waals surface area (Å²) < 4.78 is 77.9. The van der Waals surface area contributed by atoms with Gasteiger partial charge in [0.15, 0.2) is 18.1 Å². The van der Waals surface area contributed by atoms with Crippen molar-refractivity contribution in [1.29, 1.82) is 0 Å². The topological polar surface area (TPSA) is 136 Å². The molecule has 1 aliphatic carbocycles. The number of aromatic nitrogens is 1. The average molecular weight is 511 g/mol. The maximum absolute atomic E-state index is 15.0. The van der Waals surface area contributed by atoms with Gasteiger partial charge in [-0.2, -0.15) is 8.78 Å². The molecule has 5 rings (SSSR count). The van der Waals surface area contributed by atoms with Gasteiger partial charge in [0.25, 0.3) is 5.91 Å². The lowest BCUT2D eigenvalue weighted by atomic mass is 9.87. The van der Waals surface area contributed by atoms with Crippen LogP contribution in [0.15, 0.2) is 35.5 Å². The first-order valence-electron chi connectivity index (χ1n) is 10.6. The number of sulfonamides is 1. The molecule has 0 radical (unpaired) electrons. The van der Waals surface area contributed by atoms with Crippen LogP contribution >= 0.6 is 0 Å². The highest BCUT2D eigenvalue weighted by molar-refractivity contribution is 7.90. The van der Waals surface area contributed by atoms with Crippen molar-refractivity contribution in [2.45, 2.75) is 36.2 Å². The van der Waals surface area contributed by atoms with E-state index in [1.54, 1.807) is 0 Å². The molecular weight excluding hydrogens is 491 g/mol. The number of nitrogens with two attached hydrogens (primary N) is 1. The number of aliphatic imine (C=N–C) groups is 1. The number of carbonyl (C=O) groups excluding carboxylic acids is 1. The predicted octanol–water partition coefficient (Wildman–Crippen LogP) is 2.17. The first-order chi connectivity index (χ1) is 16.4. The van der Waals surface area contributed by atoms with Gasteiger partial charge in [-0.1, -0.05) is 0 Å². The van der Waals surface area contributed by atoms with Gasteiger partial charge in [-0.25, -0.2) is 27.1 Å². The number of guanidine groups is 1. The molecule has 3 N–H and O–H groups in total. The van der Waals surface area contributed by atoms with E-state index < -0.39 is 45.3 Å². The van der Waals surface area contributed by atoms with Crippen molar-refractivity contribution in [1.82, 2.24) is 9.29 Å². The summed E-state index contributed by atoms with van der Waals surface area (Å²) in [5, 5.41) is 1.54. The third-order valence-electron chi connectivity index (χ3n) is 6.34. The molecule has 0 saturated heterocycles. The van der Waals surface area contributed by atoms with Crippen molar-refractivity contribution in [3.05, 3.63) is 47.5 Å². The highest BCUT2D eigenvalue weighted by Crippen LogP contribution is 2.50. The Bertz CT molecular complexity index is 1370. The van der Waals surface area contributed by atoms with Gasteiger partial charge in [0.1, 0.15) is 22.3 Å². The number of hydrogen-bond donors (Lipinski definition) is 2. The minimum Gasteiger partial charge on any atom is -0.479 e. The van der Waals surface area contributed by atoms with Crippen LogP contribution in [0.2, 0.25) is 0 Å². The second kappa shape index (κ2) is 7.73. The van der Waals surface area contributed by atoms with E-state index in [-0.39, 0.29) is 47.2 Å². The lowest BCUT2D eigenvalue weighted by Gasteiger charge is -2.39. The highest BCUT2D eigenvalue weighted by atomic mass is 32.2. The number of anilines is 1. The molecule has 2 atom stereocenters. The number of hydrogen-bond acceptors (Lipinski definition) is 8. The summed E-state index contributed by atoms with van der Waals surface area (Å²) in [5.41, 5.74) is 4.43. The Hall–Kier alpha value is -3.55. The molecule has 0 bridgehead atoms. The molecule has 2 aliphatic heterocycles. The summed E-state index contributed by atoms with van der Waals surface area (Å²) >= 11 is 0. The third-order valence-corrected chi connectivity index (χ3v) is 8.64. The summed E-state index contributed by atoms with van der Waals surface area (Å²) in [5.74, 6) is -2.06. The Morgan fingerprint density at radius 3 is 2.83 bits per heavy atom. The normalized spacial score (nSPS) is 26.0. The van der Waals surface area contributed by atoms with Crippen LogP contribution in [0.25, 0.3) is 0 Å². The van der Waals surface area contributed by atoms with Crippen molar-refractivity contribution >= 4 is 27.6 Å². The minimum absolute atomic E-state index is 0.00482. The van der Waals surface area contributed by atoms with Gasteiger partial charge in [0.05, 0.1) is 6.20 Å². The number of ether oxygens (including phenoxy) is 2. The molecule has 14 heteroatoms. The Balaban J connectivity index is 1.47. The number of alkyl halides is 2. The van der Waals surface area contributed by atoms with E-state index >= 15 is 4.39 Å². The fraction of sp³-hybridized carbons (Fsp3) is 0.381. The molecule has 1 amide bonds. The molecule has 1 aromatic heterocycles. The molecule has 186 valence electrons. The van der Waals surface area contributed by atoms with Crippen LogP contribution in [0.1, 0.15) is 35.3 Å². The summed E-state index contributed by atoms with van der Waals surface area (Å²) in [6.07, 6.45) is -1.54. The van der Waals surface area contributed by atoms with Crippen molar-refractivity contribution in [2.75, 3.05) is 19.0 Å². The number of nitrogens with zero attached hydrogens (tertiary/aromatic N) is 3. The number of benzene rings is 1. The Labute approximate surface area is 198 Å². The van der Waals surface area contributed by atoms with Crippen LogP contribution in [0, 0.1) is 5.82 Å². The first-order valence-corrected chi connectivity index (χ1v) is 12.1. The number of rotatable bonds is 3. The Morgan fingerprint density at radius 1 is 1.29 bits per heavy atom. The summed E-state index contributed by atoms with van der Waals surface area (Å²) in [4.78, 5) is 21.0. The molecular formula is C21H20F3N5O5S. The van der Waals surface area contributed by atoms with Crippen LogP contribution in [0.5, 0.6) is 11.5 Å². The highest BCUT2D eigenvalue weighted by Gasteiger charge is 2.56. The van der Waals surface area contributed by atoms with Crippen molar-refractivity contribution in [3.63, 3.8) is 0 Å². The van der Waals surface area contributed by atoms with Crippen LogP contribution in [0.3, 0.4) is 0 Å². The van der Waals surface area contributed by atoms with E-state index in [4.69, 9.17) is 10.5 Å². The molecule has 3 aliphatic rings. The number of amides is 1. The van der Waals surface area contributed by atoms with E-state index in [0.29, 0.717) is 6.42 Å². The van der Waals surface area contributed by atoms with Gasteiger partial charge >= 0.3 is 6.11 Å². The van der Waals surface area contributed by atoms with Crippen LogP contribution in [-0.2, 0) is 15.6 Å². The zero-order valence-electron chi connectivity index (χ0n) is 18.3. The second-order valence-electron chi connectivity index (χ2n) is 8.48. The maximum atomic E-state index is 15.0. The van der Waals surface area contributed by atoms with E-state index in [0.717, 1.165) is 22.6 Å². The fourth-order valence-electron chi connectivity index (χ4n) is 4.66. The SMILES string of the molecule is CN1C(N)=N[C@@]2(c3cc(NC(=O)c4cc5c(cn4)OC(F)(F)CO5)ccc3F)CCC[C@H]2S1(=O)=O. The number of carbonyl (C=O) groups is 1. The lowest BCUT2D eigenvalue weighted by Crippen LogP contribution is -2.55. The molecule has 1 fully saturated rings. The first kappa shape index (κ1) is 23.2. The zero-order valence-corrected chi connectivity index (χ0v) is 19.1. The molecule has 2 aromatic rings. The molecule has 1 saturated carbocycles. The number of nitrogens with one attached hydrogen (secondary N) is 1. The molecule has 3 heterocycles. The predicted molar refractivity (Wildman–Crippen MR) is 117 cm³/mol. The average Bonchev–Trinajstić information content (AvgIpc) is 3.24. The molecule has 1 aromatic carbocycles. The third kappa shape index (κ3) is 3.72. The molecule has 35 heavy (non-hydrogen) atoms. The summed E-state index contributed by atoms with van der Waals surface area (Å²) in [6, 6.07) is 4.86. The minimum atomic E-state index is -3.87. The van der Waals surface area contributed by atoms with Gasteiger partial charge in [-0.15, -0.1) is 0 Å². The van der Waals surface area contributed by atoms with Crippen molar-refractivity contribution in [2.24, 2.45) is 10.7 Å². The molecule has 0 spiro atoms. The number of halogens is 3. The Morgan fingerprint density at radius 2 is 2.06 bits per heavy atom. The van der Waals surface area contributed by atoms with E-state index in [2.05, 4.69) is 20.0 Å². The summed E-state index contributed by atoms with van der Waals surface area (Å²) in [6.45, 7) is -1.02. The number of fused-ring (bicyclic) bond motifs is 2. The quantitative estimate of drug-likeness (QED) is 0.645. The van der Waals surface area contributed by atoms with Gasteiger partial charge in [0, 0.05) is 24.4 Å². The summed E-state index contributed by atoms with van der Waals surface area (Å²) in [7, 11) is -2.58. The molecule has 0 unspecified atom stereocenters. The smallest absolute Gasteiger partial charge is 0.433 e. The van der Waals surface area contributed by atoms with Gasteiger partial charge in [0.2, 0.25) is 16.0 Å². The van der Waals surface area contributed by atoms with E-state index in [1.165, 1.54) is 19.2 Å². The van der Waals surface area contributed by atoms with Crippen LogP contribution < -0.4 is 20.5 Å². The zero-order chi connectivity index (χ0) is 25.2. The van der Waals surface area contributed by atoms with Gasteiger partial charge in [-0.05, 0) is 37.5 Å². The van der Waals surface area contributed by atoms with E-state index in [9.17, 15) is 22.0 Å². The standard InChI is InChI=1S/C21H20F3N5O5S/c1-29-19(25)28-20(6-2-3-17(20)35(29,31)32)12-7-11(4-5-13(12)22)27-18(30)14-8-15-16(9-26-14)34-21(23,24)10-33-15/h4-5,7-9,17H,2-3,6,10H2,1H3,(H2,25,28)(H,27,30)/t17-,20-/m1/s1. The van der Waals surface area contributed by atoms with Crippen LogP contribution in [0.4, 0.5) is 18.9 Å².